The maximum atomic E-state index is 9.27. The van der Waals surface area contributed by atoms with Crippen LogP contribution in [0.3, 0.4) is 0 Å². The van der Waals surface area contributed by atoms with Crippen LogP contribution in [-0.2, 0) is 4.74 Å². The number of anilines is 1. The summed E-state index contributed by atoms with van der Waals surface area (Å²) in [5, 5.41) is 12.4. The lowest BCUT2D eigenvalue weighted by Crippen LogP contribution is -2.36. The van der Waals surface area contributed by atoms with Gasteiger partial charge in [0, 0.05) is 24.0 Å². The smallest absolute Gasteiger partial charge is 0.186 e. The molecule has 0 bridgehead atoms. The van der Waals surface area contributed by atoms with Gasteiger partial charge in [-0.3, -0.25) is 0 Å². The highest BCUT2D eigenvalue weighted by atomic mass is 32.1. The molecule has 1 N–H and O–H groups in total. The van der Waals surface area contributed by atoms with Crippen LogP contribution in [0.25, 0.3) is 11.3 Å². The van der Waals surface area contributed by atoms with E-state index in [1.807, 2.05) is 12.1 Å². The van der Waals surface area contributed by atoms with E-state index >= 15 is 0 Å². The van der Waals surface area contributed by atoms with Gasteiger partial charge in [-0.05, 0) is 24.3 Å². The number of hydrogen-bond acceptors (Lipinski definition) is 5. The van der Waals surface area contributed by atoms with E-state index in [0.29, 0.717) is 0 Å². The van der Waals surface area contributed by atoms with Crippen LogP contribution in [0.5, 0.6) is 5.75 Å². The summed E-state index contributed by atoms with van der Waals surface area (Å²) in [6.07, 6.45) is 0. The maximum Gasteiger partial charge on any atom is 0.186 e. The number of phenols is 1. The van der Waals surface area contributed by atoms with E-state index in [1.54, 1.807) is 23.5 Å². The first-order valence-electron chi connectivity index (χ1n) is 5.90. The van der Waals surface area contributed by atoms with Crippen molar-refractivity contribution in [3.63, 3.8) is 0 Å². The fourth-order valence-corrected chi connectivity index (χ4v) is 2.82. The Labute approximate surface area is 109 Å². The van der Waals surface area contributed by atoms with E-state index in [-0.39, 0.29) is 5.75 Å². The second kappa shape index (κ2) is 4.96. The van der Waals surface area contributed by atoms with Crippen molar-refractivity contribution in [3.8, 4) is 17.0 Å². The van der Waals surface area contributed by atoms with Crippen molar-refractivity contribution in [1.29, 1.82) is 0 Å². The van der Waals surface area contributed by atoms with Crippen molar-refractivity contribution < 1.29 is 9.84 Å². The van der Waals surface area contributed by atoms with Gasteiger partial charge in [-0.15, -0.1) is 11.3 Å². The lowest BCUT2D eigenvalue weighted by molar-refractivity contribution is 0.122. The summed E-state index contributed by atoms with van der Waals surface area (Å²) in [5.41, 5.74) is 1.99. The van der Waals surface area contributed by atoms with Gasteiger partial charge < -0.3 is 14.7 Å². The molecule has 5 heteroatoms. The molecular formula is C13H14N2O2S. The highest BCUT2D eigenvalue weighted by Crippen LogP contribution is 2.28. The summed E-state index contributed by atoms with van der Waals surface area (Å²) < 4.78 is 5.33. The van der Waals surface area contributed by atoms with Crippen molar-refractivity contribution in [2.75, 3.05) is 31.2 Å². The van der Waals surface area contributed by atoms with E-state index < -0.39 is 0 Å². The molecular weight excluding hydrogens is 248 g/mol. The number of aromatic nitrogens is 1. The third-order valence-corrected chi connectivity index (χ3v) is 3.84. The van der Waals surface area contributed by atoms with Crippen LogP contribution in [0.15, 0.2) is 29.6 Å². The number of ether oxygens (including phenoxy) is 1. The molecule has 0 unspecified atom stereocenters. The molecule has 0 amide bonds. The summed E-state index contributed by atoms with van der Waals surface area (Å²) in [4.78, 5) is 6.89. The molecule has 94 valence electrons. The SMILES string of the molecule is Oc1ccc(-c2csc(N3CCOCC3)n2)cc1. The van der Waals surface area contributed by atoms with Gasteiger partial charge in [-0.25, -0.2) is 4.98 Å². The second-order valence-corrected chi connectivity index (χ2v) is 5.00. The lowest BCUT2D eigenvalue weighted by Gasteiger charge is -2.26. The molecule has 1 aliphatic rings. The largest absolute Gasteiger partial charge is 0.508 e. The molecule has 4 nitrogen and oxygen atoms in total. The molecule has 0 atom stereocenters. The molecule has 2 heterocycles. The van der Waals surface area contributed by atoms with Crippen LogP contribution in [-0.4, -0.2) is 36.4 Å². The molecule has 1 fully saturated rings. The van der Waals surface area contributed by atoms with Gasteiger partial charge in [0.05, 0.1) is 18.9 Å². The van der Waals surface area contributed by atoms with Crippen LogP contribution >= 0.6 is 11.3 Å². The molecule has 0 saturated carbocycles. The first-order chi connectivity index (χ1) is 8.83. The fraction of sp³-hybridized carbons (Fsp3) is 0.308. The van der Waals surface area contributed by atoms with Crippen molar-refractivity contribution >= 4 is 16.5 Å². The van der Waals surface area contributed by atoms with Crippen LogP contribution in [0, 0.1) is 0 Å². The first-order valence-corrected chi connectivity index (χ1v) is 6.78. The topological polar surface area (TPSA) is 45.6 Å². The summed E-state index contributed by atoms with van der Waals surface area (Å²) in [6, 6.07) is 7.13. The molecule has 2 aromatic rings. The van der Waals surface area contributed by atoms with Crippen LogP contribution in [0.2, 0.25) is 0 Å². The standard InChI is InChI=1S/C13H14N2O2S/c16-11-3-1-10(2-4-11)12-9-18-13(14-12)15-5-7-17-8-6-15/h1-4,9,16H,5-8H2. The maximum absolute atomic E-state index is 9.27. The van der Waals surface area contributed by atoms with Crippen LogP contribution < -0.4 is 4.90 Å². The van der Waals surface area contributed by atoms with Crippen molar-refractivity contribution in [3.05, 3.63) is 29.6 Å². The van der Waals surface area contributed by atoms with E-state index in [4.69, 9.17) is 4.74 Å². The number of phenolic OH excluding ortho intramolecular Hbond substituents is 1. The number of nitrogens with zero attached hydrogens (tertiary/aromatic N) is 2. The first kappa shape index (κ1) is 11.5. The fourth-order valence-electron chi connectivity index (χ4n) is 1.93. The minimum Gasteiger partial charge on any atom is -0.508 e. The number of thiazole rings is 1. The third kappa shape index (κ3) is 2.32. The zero-order valence-electron chi connectivity index (χ0n) is 9.87. The highest BCUT2D eigenvalue weighted by Gasteiger charge is 2.15. The highest BCUT2D eigenvalue weighted by molar-refractivity contribution is 7.14. The van der Waals surface area contributed by atoms with Crippen molar-refractivity contribution in [2.45, 2.75) is 0 Å². The molecule has 1 saturated heterocycles. The second-order valence-electron chi connectivity index (χ2n) is 4.16. The molecule has 1 aliphatic heterocycles. The summed E-state index contributed by atoms with van der Waals surface area (Å²) in [5.74, 6) is 0.280. The molecule has 3 rings (SSSR count). The Bertz CT molecular complexity index is 518. The zero-order valence-corrected chi connectivity index (χ0v) is 10.7. The minimum atomic E-state index is 0.280. The van der Waals surface area contributed by atoms with Gasteiger partial charge in [0.1, 0.15) is 5.75 Å². The summed E-state index contributed by atoms with van der Waals surface area (Å²) in [7, 11) is 0. The van der Waals surface area contributed by atoms with E-state index in [9.17, 15) is 5.11 Å². The Balaban J connectivity index is 1.82. The third-order valence-electron chi connectivity index (χ3n) is 2.94. The average molecular weight is 262 g/mol. The number of rotatable bonds is 2. The molecule has 1 aromatic heterocycles. The predicted molar refractivity (Wildman–Crippen MR) is 72.2 cm³/mol. The molecule has 1 aromatic carbocycles. The quantitative estimate of drug-likeness (QED) is 0.902. The van der Waals surface area contributed by atoms with Gasteiger partial charge in [0.2, 0.25) is 0 Å². The Morgan fingerprint density at radius 2 is 1.89 bits per heavy atom. The monoisotopic (exact) mass is 262 g/mol. The van der Waals surface area contributed by atoms with Crippen molar-refractivity contribution in [2.24, 2.45) is 0 Å². The number of hydrogen-bond donors (Lipinski definition) is 1. The number of aromatic hydroxyl groups is 1. The summed E-state index contributed by atoms with van der Waals surface area (Å²) >= 11 is 1.65. The number of benzene rings is 1. The number of morpholine rings is 1. The summed E-state index contributed by atoms with van der Waals surface area (Å²) in [6.45, 7) is 3.35. The molecule has 18 heavy (non-hydrogen) atoms. The lowest BCUT2D eigenvalue weighted by atomic mass is 10.2. The van der Waals surface area contributed by atoms with Gasteiger partial charge in [0.25, 0.3) is 0 Å². The van der Waals surface area contributed by atoms with Crippen molar-refractivity contribution in [1.82, 2.24) is 4.98 Å². The minimum absolute atomic E-state index is 0.280. The van der Waals surface area contributed by atoms with Gasteiger partial charge in [-0.1, -0.05) is 0 Å². The van der Waals surface area contributed by atoms with E-state index in [0.717, 1.165) is 42.7 Å². The molecule has 0 spiro atoms. The Morgan fingerprint density at radius 3 is 2.61 bits per heavy atom. The molecule has 0 aliphatic carbocycles. The average Bonchev–Trinajstić information content (AvgIpc) is 2.90. The predicted octanol–water partition coefficient (Wildman–Crippen LogP) is 2.35. The zero-order chi connectivity index (χ0) is 12.4. The Morgan fingerprint density at radius 1 is 1.17 bits per heavy atom. The Kier molecular flexibility index (Phi) is 3.17. The normalized spacial score (nSPS) is 15.9. The van der Waals surface area contributed by atoms with E-state index in [1.165, 1.54) is 0 Å². The van der Waals surface area contributed by atoms with Crippen LogP contribution in [0.1, 0.15) is 0 Å². The Hall–Kier alpha value is -1.59. The van der Waals surface area contributed by atoms with Crippen LogP contribution in [0.4, 0.5) is 5.13 Å². The van der Waals surface area contributed by atoms with E-state index in [2.05, 4.69) is 15.3 Å². The van der Waals surface area contributed by atoms with Gasteiger partial charge in [0.15, 0.2) is 5.13 Å². The van der Waals surface area contributed by atoms with Gasteiger partial charge in [-0.2, -0.15) is 0 Å². The molecule has 0 radical (unpaired) electrons. The van der Waals surface area contributed by atoms with Gasteiger partial charge >= 0.3 is 0 Å².